The summed E-state index contributed by atoms with van der Waals surface area (Å²) in [7, 11) is 0. The Morgan fingerprint density at radius 1 is 1.56 bits per heavy atom. The number of nitrogens with zero attached hydrogens (tertiary/aromatic N) is 2. The molecule has 0 aliphatic rings. The van der Waals surface area contributed by atoms with Gasteiger partial charge in [-0.1, -0.05) is 0 Å². The van der Waals surface area contributed by atoms with Crippen LogP contribution in [-0.2, 0) is 6.54 Å². The third-order valence-corrected chi connectivity index (χ3v) is 2.92. The lowest BCUT2D eigenvalue weighted by Crippen LogP contribution is -2.27. The van der Waals surface area contributed by atoms with Gasteiger partial charge in [-0.05, 0) is 35.8 Å². The molecule has 0 unspecified atom stereocenters. The van der Waals surface area contributed by atoms with Crippen LogP contribution in [0.2, 0.25) is 0 Å². The molecule has 0 bridgehead atoms. The van der Waals surface area contributed by atoms with Crippen LogP contribution in [0.25, 0.3) is 0 Å². The van der Waals surface area contributed by atoms with E-state index < -0.39 is 0 Å². The Morgan fingerprint density at radius 3 is 2.89 bits per heavy atom. The van der Waals surface area contributed by atoms with E-state index in [-0.39, 0.29) is 5.91 Å². The molecular formula is C12H14BrN3O2. The van der Waals surface area contributed by atoms with Crippen molar-refractivity contribution in [3.63, 3.8) is 0 Å². The molecule has 5 nitrogen and oxygen atoms in total. The highest BCUT2D eigenvalue weighted by molar-refractivity contribution is 9.10. The number of carbonyl (C=O) groups is 1. The summed E-state index contributed by atoms with van der Waals surface area (Å²) in [5, 5.41) is 6.94. The van der Waals surface area contributed by atoms with Crippen LogP contribution >= 0.6 is 15.9 Å². The Balaban J connectivity index is 1.87. The van der Waals surface area contributed by atoms with Crippen LogP contribution in [0, 0.1) is 13.8 Å². The topological polar surface area (TPSA) is 60.1 Å². The second kappa shape index (κ2) is 5.39. The molecule has 0 spiro atoms. The van der Waals surface area contributed by atoms with Crippen LogP contribution in [-0.4, -0.2) is 22.2 Å². The van der Waals surface area contributed by atoms with Gasteiger partial charge in [-0.15, -0.1) is 0 Å². The molecule has 6 heteroatoms. The van der Waals surface area contributed by atoms with Crippen molar-refractivity contribution < 1.29 is 9.21 Å². The zero-order valence-corrected chi connectivity index (χ0v) is 11.8. The number of carbonyl (C=O) groups excluding carboxylic acids is 1. The zero-order chi connectivity index (χ0) is 13.1. The van der Waals surface area contributed by atoms with E-state index in [0.717, 1.165) is 10.2 Å². The van der Waals surface area contributed by atoms with E-state index in [2.05, 4.69) is 26.3 Å². The van der Waals surface area contributed by atoms with Gasteiger partial charge in [0.25, 0.3) is 5.91 Å². The highest BCUT2D eigenvalue weighted by Crippen LogP contribution is 2.13. The summed E-state index contributed by atoms with van der Waals surface area (Å²) in [6, 6.07) is 1.75. The van der Waals surface area contributed by atoms with Crippen molar-refractivity contribution in [3.05, 3.63) is 40.0 Å². The summed E-state index contributed by atoms with van der Waals surface area (Å²) in [4.78, 5) is 11.9. The normalized spacial score (nSPS) is 10.6. The van der Waals surface area contributed by atoms with E-state index in [0.29, 0.717) is 24.4 Å². The van der Waals surface area contributed by atoms with E-state index in [1.807, 2.05) is 13.1 Å². The van der Waals surface area contributed by atoms with Gasteiger partial charge in [0.15, 0.2) is 0 Å². The Morgan fingerprint density at radius 2 is 2.33 bits per heavy atom. The second-order valence-electron chi connectivity index (χ2n) is 4.00. The first-order valence-corrected chi connectivity index (χ1v) is 6.39. The standard InChI is InChI=1S/C12H14BrN3O2/c1-8-5-11(9(2)18-8)12(17)14-3-4-16-7-10(13)6-15-16/h5-7H,3-4H2,1-2H3,(H,14,17). The number of aryl methyl sites for hydroxylation is 2. The maximum Gasteiger partial charge on any atom is 0.254 e. The fraction of sp³-hybridized carbons (Fsp3) is 0.333. The quantitative estimate of drug-likeness (QED) is 0.942. The molecule has 2 rings (SSSR count). The molecule has 0 saturated heterocycles. The van der Waals surface area contributed by atoms with Crippen LogP contribution in [0.3, 0.4) is 0 Å². The van der Waals surface area contributed by atoms with Crippen molar-refractivity contribution in [1.82, 2.24) is 15.1 Å². The summed E-state index contributed by atoms with van der Waals surface area (Å²) < 4.78 is 8.01. The van der Waals surface area contributed by atoms with Gasteiger partial charge in [0.05, 0.1) is 22.8 Å². The first-order chi connectivity index (χ1) is 8.56. The largest absolute Gasteiger partial charge is 0.466 e. The van der Waals surface area contributed by atoms with Crippen LogP contribution < -0.4 is 5.32 Å². The number of halogens is 1. The molecule has 1 N–H and O–H groups in total. The Labute approximate surface area is 113 Å². The van der Waals surface area contributed by atoms with E-state index in [1.54, 1.807) is 23.9 Å². The molecular weight excluding hydrogens is 298 g/mol. The third-order valence-electron chi connectivity index (χ3n) is 2.51. The van der Waals surface area contributed by atoms with E-state index in [1.165, 1.54) is 0 Å². The molecule has 2 aromatic heterocycles. The maximum atomic E-state index is 11.9. The van der Waals surface area contributed by atoms with Crippen molar-refractivity contribution >= 4 is 21.8 Å². The van der Waals surface area contributed by atoms with Crippen LogP contribution in [0.5, 0.6) is 0 Å². The SMILES string of the molecule is Cc1cc(C(=O)NCCn2cc(Br)cn2)c(C)o1. The van der Waals surface area contributed by atoms with Crippen molar-refractivity contribution in [1.29, 1.82) is 0 Å². The molecule has 0 atom stereocenters. The number of hydrogen-bond acceptors (Lipinski definition) is 3. The summed E-state index contributed by atoms with van der Waals surface area (Å²) in [6.07, 6.45) is 3.57. The van der Waals surface area contributed by atoms with E-state index in [9.17, 15) is 4.79 Å². The van der Waals surface area contributed by atoms with Gasteiger partial charge in [0.1, 0.15) is 11.5 Å². The minimum atomic E-state index is -0.115. The molecule has 0 saturated carbocycles. The molecule has 0 aromatic carbocycles. The average Bonchev–Trinajstić information content (AvgIpc) is 2.85. The van der Waals surface area contributed by atoms with Crippen molar-refractivity contribution in [2.75, 3.05) is 6.54 Å². The molecule has 1 amide bonds. The van der Waals surface area contributed by atoms with Gasteiger partial charge in [0, 0.05) is 12.7 Å². The number of furan rings is 1. The molecule has 2 aromatic rings. The minimum Gasteiger partial charge on any atom is -0.466 e. The van der Waals surface area contributed by atoms with Crippen molar-refractivity contribution in [2.45, 2.75) is 20.4 Å². The lowest BCUT2D eigenvalue weighted by molar-refractivity contribution is 0.0950. The molecule has 0 radical (unpaired) electrons. The Bertz CT molecular complexity index is 559. The lowest BCUT2D eigenvalue weighted by Gasteiger charge is -2.04. The number of rotatable bonds is 4. The molecule has 96 valence electrons. The van der Waals surface area contributed by atoms with E-state index >= 15 is 0 Å². The molecule has 0 aliphatic heterocycles. The highest BCUT2D eigenvalue weighted by atomic mass is 79.9. The van der Waals surface area contributed by atoms with Crippen molar-refractivity contribution in [2.24, 2.45) is 0 Å². The number of nitrogens with one attached hydrogen (secondary N) is 1. The zero-order valence-electron chi connectivity index (χ0n) is 10.2. The predicted molar refractivity (Wildman–Crippen MR) is 70.4 cm³/mol. The number of hydrogen-bond donors (Lipinski definition) is 1. The predicted octanol–water partition coefficient (Wildman–Crippen LogP) is 2.29. The maximum absolute atomic E-state index is 11.9. The molecule has 0 fully saturated rings. The molecule has 0 aliphatic carbocycles. The van der Waals surface area contributed by atoms with E-state index in [4.69, 9.17) is 4.42 Å². The van der Waals surface area contributed by atoms with Crippen molar-refractivity contribution in [3.8, 4) is 0 Å². The molecule has 2 heterocycles. The average molecular weight is 312 g/mol. The van der Waals surface area contributed by atoms with Crippen LogP contribution in [0.15, 0.2) is 27.3 Å². The monoisotopic (exact) mass is 311 g/mol. The fourth-order valence-corrected chi connectivity index (χ4v) is 2.02. The van der Waals surface area contributed by atoms with Gasteiger partial charge in [-0.25, -0.2) is 0 Å². The Hall–Kier alpha value is -1.56. The first kappa shape index (κ1) is 12.9. The third kappa shape index (κ3) is 3.01. The fourth-order valence-electron chi connectivity index (χ4n) is 1.70. The first-order valence-electron chi connectivity index (χ1n) is 5.59. The molecule has 18 heavy (non-hydrogen) atoms. The smallest absolute Gasteiger partial charge is 0.254 e. The summed E-state index contributed by atoms with van der Waals surface area (Å²) >= 11 is 3.32. The van der Waals surface area contributed by atoms with Gasteiger partial charge >= 0.3 is 0 Å². The van der Waals surface area contributed by atoms with Gasteiger partial charge in [-0.3, -0.25) is 9.48 Å². The number of aromatic nitrogens is 2. The highest BCUT2D eigenvalue weighted by Gasteiger charge is 2.12. The Kier molecular flexibility index (Phi) is 3.86. The van der Waals surface area contributed by atoms with Gasteiger partial charge < -0.3 is 9.73 Å². The lowest BCUT2D eigenvalue weighted by atomic mass is 10.2. The van der Waals surface area contributed by atoms with Gasteiger partial charge in [0.2, 0.25) is 0 Å². The number of amides is 1. The van der Waals surface area contributed by atoms with Gasteiger partial charge in [-0.2, -0.15) is 5.10 Å². The van der Waals surface area contributed by atoms with Crippen LogP contribution in [0.1, 0.15) is 21.9 Å². The summed E-state index contributed by atoms with van der Waals surface area (Å²) in [5.41, 5.74) is 0.592. The minimum absolute atomic E-state index is 0.115. The van der Waals surface area contributed by atoms with Crippen LogP contribution in [0.4, 0.5) is 0 Å². The second-order valence-corrected chi connectivity index (χ2v) is 4.92. The summed E-state index contributed by atoms with van der Waals surface area (Å²) in [6.45, 7) is 4.77. The summed E-state index contributed by atoms with van der Waals surface area (Å²) in [5.74, 6) is 1.27.